The van der Waals surface area contributed by atoms with Gasteiger partial charge in [-0.3, -0.25) is 4.79 Å². The van der Waals surface area contributed by atoms with Gasteiger partial charge in [0, 0.05) is 17.2 Å². The van der Waals surface area contributed by atoms with Crippen LogP contribution >= 0.6 is 0 Å². The van der Waals surface area contributed by atoms with Crippen LogP contribution in [0, 0.1) is 0 Å². The number of aromatic nitrogens is 1. The second-order valence-electron chi connectivity index (χ2n) is 6.13. The second-order valence-corrected chi connectivity index (χ2v) is 6.13. The van der Waals surface area contributed by atoms with Crippen LogP contribution in [-0.4, -0.2) is 25.3 Å². The third-order valence-electron chi connectivity index (χ3n) is 4.43. The van der Waals surface area contributed by atoms with Gasteiger partial charge in [-0.05, 0) is 30.3 Å². The molecule has 0 unspecified atom stereocenters. The molecule has 0 aliphatic carbocycles. The van der Waals surface area contributed by atoms with E-state index < -0.39 is 0 Å². The predicted octanol–water partition coefficient (Wildman–Crippen LogP) is 4.76. The van der Waals surface area contributed by atoms with Crippen LogP contribution in [0.25, 0.3) is 22.2 Å². The minimum atomic E-state index is -0.259. The van der Waals surface area contributed by atoms with Gasteiger partial charge in [0.05, 0.1) is 25.3 Å². The predicted molar refractivity (Wildman–Crippen MR) is 107 cm³/mol. The summed E-state index contributed by atoms with van der Waals surface area (Å²) in [5.41, 5.74) is 2.64. The van der Waals surface area contributed by atoms with E-state index in [4.69, 9.17) is 14.0 Å². The SMILES string of the molecule is COc1ccc(NC(=O)c2ccc3noc(-c4ccccc4)c3c2)c(OC)c1. The Morgan fingerprint density at radius 3 is 2.54 bits per heavy atom. The summed E-state index contributed by atoms with van der Waals surface area (Å²) in [6.45, 7) is 0. The zero-order valence-electron chi connectivity index (χ0n) is 15.4. The summed E-state index contributed by atoms with van der Waals surface area (Å²) in [6.07, 6.45) is 0. The van der Waals surface area contributed by atoms with E-state index in [9.17, 15) is 4.79 Å². The minimum absolute atomic E-state index is 0.259. The summed E-state index contributed by atoms with van der Waals surface area (Å²) >= 11 is 0. The molecule has 3 aromatic carbocycles. The first-order valence-corrected chi connectivity index (χ1v) is 8.68. The van der Waals surface area contributed by atoms with Crippen LogP contribution in [0.1, 0.15) is 10.4 Å². The number of benzene rings is 3. The maximum atomic E-state index is 12.8. The molecule has 0 spiro atoms. The number of carbonyl (C=O) groups is 1. The molecule has 1 amide bonds. The number of amides is 1. The first-order chi connectivity index (χ1) is 13.7. The van der Waals surface area contributed by atoms with E-state index in [0.29, 0.717) is 34.0 Å². The fraction of sp³-hybridized carbons (Fsp3) is 0.0909. The molecule has 1 heterocycles. The van der Waals surface area contributed by atoms with Crippen molar-refractivity contribution in [2.45, 2.75) is 0 Å². The molecule has 0 aliphatic heterocycles. The highest BCUT2D eigenvalue weighted by molar-refractivity contribution is 6.08. The number of fused-ring (bicyclic) bond motifs is 1. The van der Waals surface area contributed by atoms with Gasteiger partial charge >= 0.3 is 0 Å². The van der Waals surface area contributed by atoms with Crippen molar-refractivity contribution in [3.05, 3.63) is 72.3 Å². The molecule has 0 saturated carbocycles. The van der Waals surface area contributed by atoms with E-state index in [-0.39, 0.29) is 5.91 Å². The lowest BCUT2D eigenvalue weighted by Crippen LogP contribution is -2.12. The van der Waals surface area contributed by atoms with Gasteiger partial charge in [-0.1, -0.05) is 35.5 Å². The van der Waals surface area contributed by atoms with Crippen molar-refractivity contribution in [1.29, 1.82) is 0 Å². The highest BCUT2D eigenvalue weighted by Crippen LogP contribution is 2.31. The van der Waals surface area contributed by atoms with E-state index in [1.807, 2.05) is 30.3 Å². The summed E-state index contributed by atoms with van der Waals surface area (Å²) in [5, 5.41) is 7.74. The fourth-order valence-corrected chi connectivity index (χ4v) is 2.98. The van der Waals surface area contributed by atoms with Crippen LogP contribution in [0.3, 0.4) is 0 Å². The van der Waals surface area contributed by atoms with Crippen LogP contribution in [0.5, 0.6) is 11.5 Å². The van der Waals surface area contributed by atoms with Gasteiger partial charge in [-0.2, -0.15) is 0 Å². The highest BCUT2D eigenvalue weighted by Gasteiger charge is 2.15. The molecule has 28 heavy (non-hydrogen) atoms. The van der Waals surface area contributed by atoms with Gasteiger partial charge in [-0.15, -0.1) is 0 Å². The largest absolute Gasteiger partial charge is 0.497 e. The number of nitrogens with zero attached hydrogens (tertiary/aromatic N) is 1. The van der Waals surface area contributed by atoms with E-state index in [1.165, 1.54) is 0 Å². The second kappa shape index (κ2) is 7.44. The van der Waals surface area contributed by atoms with Crippen molar-refractivity contribution < 1.29 is 18.8 Å². The Hall–Kier alpha value is -3.80. The Labute approximate surface area is 161 Å². The molecule has 0 bridgehead atoms. The number of hydrogen-bond donors (Lipinski definition) is 1. The smallest absolute Gasteiger partial charge is 0.255 e. The Kier molecular flexibility index (Phi) is 4.68. The number of hydrogen-bond acceptors (Lipinski definition) is 5. The van der Waals surface area contributed by atoms with Crippen molar-refractivity contribution in [2.24, 2.45) is 0 Å². The monoisotopic (exact) mass is 374 g/mol. The molecule has 140 valence electrons. The molecule has 0 saturated heterocycles. The minimum Gasteiger partial charge on any atom is -0.497 e. The van der Waals surface area contributed by atoms with Crippen molar-refractivity contribution >= 4 is 22.5 Å². The van der Waals surface area contributed by atoms with Crippen LogP contribution in [0.2, 0.25) is 0 Å². The summed E-state index contributed by atoms with van der Waals surface area (Å²) in [7, 11) is 3.12. The van der Waals surface area contributed by atoms with Crippen molar-refractivity contribution in [2.75, 3.05) is 19.5 Å². The first-order valence-electron chi connectivity index (χ1n) is 8.68. The summed E-state index contributed by atoms with van der Waals surface area (Å²) < 4.78 is 16.0. The number of methoxy groups -OCH3 is 2. The molecule has 1 aromatic heterocycles. The van der Waals surface area contributed by atoms with E-state index >= 15 is 0 Å². The van der Waals surface area contributed by atoms with Crippen LogP contribution in [0.15, 0.2) is 71.3 Å². The third kappa shape index (κ3) is 3.27. The third-order valence-corrected chi connectivity index (χ3v) is 4.43. The number of anilines is 1. The fourth-order valence-electron chi connectivity index (χ4n) is 2.98. The van der Waals surface area contributed by atoms with Gasteiger partial charge in [-0.25, -0.2) is 0 Å². The molecule has 0 aliphatic rings. The Bertz CT molecular complexity index is 1140. The lowest BCUT2D eigenvalue weighted by atomic mass is 10.1. The molecule has 4 aromatic rings. The van der Waals surface area contributed by atoms with Crippen LogP contribution in [0.4, 0.5) is 5.69 Å². The van der Waals surface area contributed by atoms with Crippen molar-refractivity contribution in [3.63, 3.8) is 0 Å². The van der Waals surface area contributed by atoms with Gasteiger partial charge in [0.25, 0.3) is 5.91 Å². The Morgan fingerprint density at radius 2 is 1.79 bits per heavy atom. The molecule has 4 rings (SSSR count). The quantitative estimate of drug-likeness (QED) is 0.545. The number of rotatable bonds is 5. The first kappa shape index (κ1) is 17.6. The zero-order chi connectivity index (χ0) is 19.5. The number of ether oxygens (including phenoxy) is 2. The number of nitrogens with one attached hydrogen (secondary N) is 1. The molecule has 0 fully saturated rings. The normalized spacial score (nSPS) is 10.6. The Balaban J connectivity index is 1.67. The maximum absolute atomic E-state index is 12.8. The van der Waals surface area contributed by atoms with Crippen LogP contribution in [-0.2, 0) is 0 Å². The topological polar surface area (TPSA) is 73.6 Å². The van der Waals surface area contributed by atoms with E-state index in [2.05, 4.69) is 10.5 Å². The summed E-state index contributed by atoms with van der Waals surface area (Å²) in [6, 6.07) is 20.1. The molecule has 0 atom stereocenters. The van der Waals surface area contributed by atoms with E-state index in [0.717, 1.165) is 10.9 Å². The Morgan fingerprint density at radius 1 is 0.964 bits per heavy atom. The summed E-state index contributed by atoms with van der Waals surface area (Å²) in [4.78, 5) is 12.8. The average Bonchev–Trinajstić information content (AvgIpc) is 3.17. The zero-order valence-corrected chi connectivity index (χ0v) is 15.4. The van der Waals surface area contributed by atoms with Gasteiger partial charge in [0.1, 0.15) is 17.0 Å². The van der Waals surface area contributed by atoms with Crippen LogP contribution < -0.4 is 14.8 Å². The summed E-state index contributed by atoms with van der Waals surface area (Å²) in [5.74, 6) is 1.54. The molecule has 0 radical (unpaired) electrons. The van der Waals surface area contributed by atoms with Crippen molar-refractivity contribution in [1.82, 2.24) is 5.16 Å². The maximum Gasteiger partial charge on any atom is 0.255 e. The van der Waals surface area contributed by atoms with Gasteiger partial charge in [0.2, 0.25) is 0 Å². The highest BCUT2D eigenvalue weighted by atomic mass is 16.5. The average molecular weight is 374 g/mol. The van der Waals surface area contributed by atoms with Gasteiger partial charge in [0.15, 0.2) is 5.76 Å². The molecule has 1 N–H and O–H groups in total. The molecule has 6 nitrogen and oxygen atoms in total. The lowest BCUT2D eigenvalue weighted by Gasteiger charge is -2.11. The van der Waals surface area contributed by atoms with Gasteiger partial charge < -0.3 is 19.3 Å². The molecule has 6 heteroatoms. The van der Waals surface area contributed by atoms with E-state index in [1.54, 1.807) is 50.6 Å². The number of carbonyl (C=O) groups excluding carboxylic acids is 1. The molecular formula is C22H18N2O4. The van der Waals surface area contributed by atoms with Crippen molar-refractivity contribution in [3.8, 4) is 22.8 Å². The molecular weight excluding hydrogens is 356 g/mol. The lowest BCUT2D eigenvalue weighted by molar-refractivity contribution is 0.102. The standard InChI is InChI=1S/C22H18N2O4/c1-26-16-9-11-19(20(13-16)27-2)23-22(25)15-8-10-18-17(12-15)21(28-24-18)14-6-4-3-5-7-14/h3-13H,1-2H3,(H,23,25).